The van der Waals surface area contributed by atoms with E-state index in [9.17, 15) is 9.59 Å². The SMILES string of the molecule is Cc1ccc(-c2csc3c(=O)[nH]c(N4CCC[C@H](C(=O)NCCCc5ccccc5)C4)nc23)cc1. The Kier molecular flexibility index (Phi) is 6.95. The molecule has 180 valence electrons. The van der Waals surface area contributed by atoms with E-state index in [-0.39, 0.29) is 17.4 Å². The molecule has 0 radical (unpaired) electrons. The molecule has 1 aliphatic rings. The molecule has 1 aliphatic heterocycles. The number of carbonyl (C=O) groups is 1. The summed E-state index contributed by atoms with van der Waals surface area (Å²) in [5.41, 5.74) is 5.11. The molecule has 1 amide bonds. The van der Waals surface area contributed by atoms with Crippen molar-refractivity contribution in [2.75, 3.05) is 24.5 Å². The summed E-state index contributed by atoms with van der Waals surface area (Å²) in [7, 11) is 0. The number of amides is 1. The van der Waals surface area contributed by atoms with Gasteiger partial charge in [0, 0.05) is 30.6 Å². The van der Waals surface area contributed by atoms with E-state index in [0.29, 0.717) is 23.7 Å². The second-order valence-electron chi connectivity index (χ2n) is 9.25. The first-order chi connectivity index (χ1) is 17.1. The minimum Gasteiger partial charge on any atom is -0.356 e. The van der Waals surface area contributed by atoms with Crippen molar-refractivity contribution in [3.63, 3.8) is 0 Å². The predicted octanol–water partition coefficient (Wildman–Crippen LogP) is 4.93. The predicted molar refractivity (Wildman–Crippen MR) is 143 cm³/mol. The number of aryl methyl sites for hydroxylation is 2. The third-order valence-electron chi connectivity index (χ3n) is 6.65. The lowest BCUT2D eigenvalue weighted by Gasteiger charge is -2.32. The number of benzene rings is 2. The molecule has 2 aromatic heterocycles. The molecular weight excluding hydrogens is 456 g/mol. The van der Waals surface area contributed by atoms with Crippen molar-refractivity contribution in [1.82, 2.24) is 15.3 Å². The number of aromatic amines is 1. The Hall–Kier alpha value is -3.45. The van der Waals surface area contributed by atoms with Crippen LogP contribution in [0.2, 0.25) is 0 Å². The molecule has 4 aromatic rings. The van der Waals surface area contributed by atoms with Gasteiger partial charge in [0.05, 0.1) is 11.4 Å². The average molecular weight is 487 g/mol. The fourth-order valence-electron chi connectivity index (χ4n) is 4.68. The first-order valence-corrected chi connectivity index (χ1v) is 13.1. The van der Waals surface area contributed by atoms with Gasteiger partial charge in [-0.05, 0) is 43.7 Å². The second-order valence-corrected chi connectivity index (χ2v) is 10.1. The lowest BCUT2D eigenvalue weighted by atomic mass is 9.97. The highest BCUT2D eigenvalue weighted by atomic mass is 32.1. The molecule has 6 nitrogen and oxygen atoms in total. The quantitative estimate of drug-likeness (QED) is 0.363. The number of thiophene rings is 1. The first-order valence-electron chi connectivity index (χ1n) is 12.2. The maximum Gasteiger partial charge on any atom is 0.270 e. The first kappa shape index (κ1) is 23.3. The van der Waals surface area contributed by atoms with E-state index in [2.05, 4.69) is 58.5 Å². The van der Waals surface area contributed by atoms with E-state index in [4.69, 9.17) is 4.98 Å². The molecule has 3 heterocycles. The van der Waals surface area contributed by atoms with Gasteiger partial charge in [-0.2, -0.15) is 0 Å². The van der Waals surface area contributed by atoms with Crippen molar-refractivity contribution < 1.29 is 4.79 Å². The lowest BCUT2D eigenvalue weighted by molar-refractivity contribution is -0.125. The Morgan fingerprint density at radius 3 is 2.77 bits per heavy atom. The van der Waals surface area contributed by atoms with Gasteiger partial charge in [-0.3, -0.25) is 14.6 Å². The monoisotopic (exact) mass is 486 g/mol. The minimum absolute atomic E-state index is 0.0852. The maximum atomic E-state index is 12.9. The Morgan fingerprint density at radius 1 is 1.17 bits per heavy atom. The molecule has 0 unspecified atom stereocenters. The summed E-state index contributed by atoms with van der Waals surface area (Å²) < 4.78 is 0.633. The number of hydrogen-bond donors (Lipinski definition) is 2. The number of anilines is 1. The third-order valence-corrected chi connectivity index (χ3v) is 7.62. The van der Waals surface area contributed by atoms with Crippen LogP contribution in [0.3, 0.4) is 0 Å². The molecule has 1 saturated heterocycles. The molecule has 0 spiro atoms. The molecular formula is C28H30N4O2S. The highest BCUT2D eigenvalue weighted by Crippen LogP contribution is 2.32. The van der Waals surface area contributed by atoms with Crippen molar-refractivity contribution in [2.45, 2.75) is 32.6 Å². The molecule has 1 atom stereocenters. The summed E-state index contributed by atoms with van der Waals surface area (Å²) >= 11 is 1.42. The van der Waals surface area contributed by atoms with Crippen molar-refractivity contribution in [2.24, 2.45) is 5.92 Å². The van der Waals surface area contributed by atoms with Gasteiger partial charge < -0.3 is 10.2 Å². The largest absolute Gasteiger partial charge is 0.356 e. The fraction of sp³-hybridized carbons (Fsp3) is 0.321. The van der Waals surface area contributed by atoms with Crippen molar-refractivity contribution in [3.8, 4) is 11.1 Å². The van der Waals surface area contributed by atoms with Gasteiger partial charge in [0.2, 0.25) is 11.9 Å². The number of H-pyrrole nitrogens is 1. The molecule has 2 aromatic carbocycles. The number of aromatic nitrogens is 2. The van der Waals surface area contributed by atoms with Crippen LogP contribution in [-0.2, 0) is 11.2 Å². The van der Waals surface area contributed by atoms with Crippen molar-refractivity contribution >= 4 is 33.4 Å². The smallest absolute Gasteiger partial charge is 0.270 e. The van der Waals surface area contributed by atoms with E-state index in [1.165, 1.54) is 22.5 Å². The Balaban J connectivity index is 1.27. The third kappa shape index (κ3) is 5.30. The lowest BCUT2D eigenvalue weighted by Crippen LogP contribution is -2.44. The molecule has 0 aliphatic carbocycles. The van der Waals surface area contributed by atoms with Crippen LogP contribution in [-0.4, -0.2) is 35.5 Å². The van der Waals surface area contributed by atoms with Crippen LogP contribution in [0, 0.1) is 12.8 Å². The summed E-state index contributed by atoms with van der Waals surface area (Å²) in [5, 5.41) is 5.11. The highest BCUT2D eigenvalue weighted by Gasteiger charge is 2.27. The summed E-state index contributed by atoms with van der Waals surface area (Å²) in [5.74, 6) is 0.526. The molecule has 1 fully saturated rings. The van der Waals surface area contributed by atoms with Crippen LogP contribution in [0.25, 0.3) is 21.3 Å². The fourth-order valence-corrected chi connectivity index (χ4v) is 5.59. The second kappa shape index (κ2) is 10.4. The summed E-state index contributed by atoms with van der Waals surface area (Å²) in [4.78, 5) is 35.6. The van der Waals surface area contributed by atoms with Crippen LogP contribution in [0.1, 0.15) is 30.4 Å². The van der Waals surface area contributed by atoms with Crippen LogP contribution in [0.5, 0.6) is 0 Å². The number of carbonyl (C=O) groups excluding carboxylic acids is 1. The number of nitrogens with one attached hydrogen (secondary N) is 2. The molecule has 7 heteroatoms. The zero-order valence-electron chi connectivity index (χ0n) is 19.9. The van der Waals surface area contributed by atoms with E-state index >= 15 is 0 Å². The van der Waals surface area contributed by atoms with Gasteiger partial charge in [0.1, 0.15) is 4.70 Å². The van der Waals surface area contributed by atoms with Crippen LogP contribution >= 0.6 is 11.3 Å². The van der Waals surface area contributed by atoms with Crippen molar-refractivity contribution in [3.05, 3.63) is 81.5 Å². The normalized spacial score (nSPS) is 15.9. The topological polar surface area (TPSA) is 78.1 Å². The van der Waals surface area contributed by atoms with Gasteiger partial charge in [-0.25, -0.2) is 4.98 Å². The molecule has 2 N–H and O–H groups in total. The highest BCUT2D eigenvalue weighted by molar-refractivity contribution is 7.17. The maximum absolute atomic E-state index is 12.9. The standard InChI is InChI=1S/C28H30N4O2S/c1-19-11-13-21(14-12-19)23-18-35-25-24(23)30-28(31-27(25)34)32-16-6-10-22(17-32)26(33)29-15-5-9-20-7-3-2-4-8-20/h2-4,7-8,11-14,18,22H,5-6,9-10,15-17H2,1H3,(H,29,33)(H,30,31,34)/t22-/m0/s1. The van der Waals surface area contributed by atoms with Crippen molar-refractivity contribution in [1.29, 1.82) is 0 Å². The van der Waals surface area contributed by atoms with Gasteiger partial charge in [0.15, 0.2) is 0 Å². The molecule has 35 heavy (non-hydrogen) atoms. The van der Waals surface area contributed by atoms with E-state index in [0.717, 1.165) is 48.9 Å². The molecule has 0 bridgehead atoms. The Morgan fingerprint density at radius 2 is 1.97 bits per heavy atom. The van der Waals surface area contributed by atoms with Gasteiger partial charge >= 0.3 is 0 Å². The summed E-state index contributed by atoms with van der Waals surface area (Å²) in [6.07, 6.45) is 3.60. The van der Waals surface area contributed by atoms with E-state index in [1.807, 2.05) is 23.6 Å². The number of nitrogens with zero attached hydrogens (tertiary/aromatic N) is 2. The minimum atomic E-state index is -0.124. The van der Waals surface area contributed by atoms with E-state index < -0.39 is 0 Å². The number of hydrogen-bond acceptors (Lipinski definition) is 5. The Labute approximate surface area is 209 Å². The number of piperidine rings is 1. The molecule has 0 saturated carbocycles. The van der Waals surface area contributed by atoms with Crippen LogP contribution < -0.4 is 15.8 Å². The van der Waals surface area contributed by atoms with E-state index in [1.54, 1.807) is 0 Å². The van der Waals surface area contributed by atoms with Crippen LogP contribution in [0.4, 0.5) is 5.95 Å². The summed E-state index contributed by atoms with van der Waals surface area (Å²) in [6.45, 7) is 4.06. The Bertz CT molecular complexity index is 1360. The zero-order chi connectivity index (χ0) is 24.2. The number of rotatable bonds is 7. The van der Waals surface area contributed by atoms with Gasteiger partial charge in [0.25, 0.3) is 5.56 Å². The van der Waals surface area contributed by atoms with Gasteiger partial charge in [-0.1, -0.05) is 60.2 Å². The van der Waals surface area contributed by atoms with Crippen LogP contribution in [0.15, 0.2) is 64.8 Å². The average Bonchev–Trinajstić information content (AvgIpc) is 3.32. The summed E-state index contributed by atoms with van der Waals surface area (Å²) in [6, 6.07) is 18.6. The number of fused-ring (bicyclic) bond motifs is 1. The van der Waals surface area contributed by atoms with Gasteiger partial charge in [-0.15, -0.1) is 11.3 Å². The zero-order valence-corrected chi connectivity index (χ0v) is 20.7. The molecule has 5 rings (SSSR count).